The molecular weight excluding hydrogens is 322 g/mol. The summed E-state index contributed by atoms with van der Waals surface area (Å²) in [6.07, 6.45) is -0.424. The topological polar surface area (TPSA) is 64.6 Å². The molecule has 0 saturated heterocycles. The van der Waals surface area contributed by atoms with Crippen molar-refractivity contribution >= 4 is 21.4 Å². The van der Waals surface area contributed by atoms with Crippen LogP contribution in [0.1, 0.15) is 16.5 Å². The maximum Gasteiger partial charge on any atom is 0.250 e. The zero-order chi connectivity index (χ0) is 16.2. The van der Waals surface area contributed by atoms with Gasteiger partial charge in [-0.1, -0.05) is 18.2 Å². The van der Waals surface area contributed by atoms with Crippen molar-refractivity contribution < 1.29 is 17.9 Å². The molecule has 0 saturated carbocycles. The Morgan fingerprint density at radius 1 is 1.18 bits per heavy atom. The minimum absolute atomic E-state index is 0.135. The predicted octanol–water partition coefficient (Wildman–Crippen LogP) is 2.73. The van der Waals surface area contributed by atoms with Crippen LogP contribution in [-0.4, -0.2) is 29.2 Å². The second-order valence-electron chi connectivity index (χ2n) is 4.68. The Kier molecular flexibility index (Phi) is 5.57. The zero-order valence-electron chi connectivity index (χ0n) is 12.7. The fourth-order valence-corrected chi connectivity index (χ4v) is 4.43. The normalized spacial score (nSPS) is 13.0. The lowest BCUT2D eigenvalue weighted by Crippen LogP contribution is -2.29. The number of hydrogen-bond acceptors (Lipinski definition) is 5. The molecule has 1 N–H and O–H groups in total. The van der Waals surface area contributed by atoms with Gasteiger partial charge in [0.2, 0.25) is 10.0 Å². The molecule has 7 heteroatoms. The molecule has 1 aromatic heterocycles. The van der Waals surface area contributed by atoms with Crippen molar-refractivity contribution in [3.63, 3.8) is 0 Å². The van der Waals surface area contributed by atoms with Crippen molar-refractivity contribution in [1.82, 2.24) is 4.72 Å². The van der Waals surface area contributed by atoms with E-state index in [1.807, 2.05) is 31.2 Å². The van der Waals surface area contributed by atoms with Gasteiger partial charge in [-0.25, -0.2) is 13.1 Å². The number of thiophene rings is 1. The molecule has 2 rings (SSSR count). The zero-order valence-corrected chi connectivity index (χ0v) is 14.3. The van der Waals surface area contributed by atoms with Crippen LogP contribution in [0.5, 0.6) is 5.75 Å². The number of para-hydroxylation sites is 1. The van der Waals surface area contributed by atoms with Crippen LogP contribution >= 0.6 is 11.3 Å². The molecule has 0 bridgehead atoms. The molecular formula is C15H19NO4S2. The summed E-state index contributed by atoms with van der Waals surface area (Å²) in [5.41, 5.74) is 0.803. The molecule has 0 aliphatic rings. The van der Waals surface area contributed by atoms with E-state index in [0.29, 0.717) is 9.96 Å². The van der Waals surface area contributed by atoms with Gasteiger partial charge < -0.3 is 9.47 Å². The van der Waals surface area contributed by atoms with Gasteiger partial charge in [0.15, 0.2) is 0 Å². The number of rotatable bonds is 7. The standard InChI is InChI=1S/C15H19NO4S2/c1-11-8-9-15(21-11)22(17,18)16-10-14(20-3)12-6-4-5-7-13(12)19-2/h4-9,14,16H,10H2,1-3H3. The summed E-state index contributed by atoms with van der Waals surface area (Å²) in [7, 11) is -0.409. The van der Waals surface area contributed by atoms with Gasteiger partial charge in [0, 0.05) is 24.1 Å². The molecule has 0 aliphatic carbocycles. The van der Waals surface area contributed by atoms with E-state index >= 15 is 0 Å². The van der Waals surface area contributed by atoms with Crippen molar-refractivity contribution in [2.24, 2.45) is 0 Å². The average Bonchev–Trinajstić information content (AvgIpc) is 2.96. The molecule has 0 fully saturated rings. The lowest BCUT2D eigenvalue weighted by Gasteiger charge is -2.18. The summed E-state index contributed by atoms with van der Waals surface area (Å²) in [6, 6.07) is 10.8. The summed E-state index contributed by atoms with van der Waals surface area (Å²) >= 11 is 1.24. The first-order valence-corrected chi connectivity index (χ1v) is 8.99. The van der Waals surface area contributed by atoms with Gasteiger partial charge in [0.25, 0.3) is 0 Å². The largest absolute Gasteiger partial charge is 0.496 e. The second kappa shape index (κ2) is 7.23. The lowest BCUT2D eigenvalue weighted by atomic mass is 10.1. The lowest BCUT2D eigenvalue weighted by molar-refractivity contribution is 0.105. The van der Waals surface area contributed by atoms with Crippen LogP contribution in [0.3, 0.4) is 0 Å². The monoisotopic (exact) mass is 341 g/mol. The Morgan fingerprint density at radius 3 is 2.50 bits per heavy atom. The highest BCUT2D eigenvalue weighted by atomic mass is 32.2. The minimum Gasteiger partial charge on any atom is -0.496 e. The number of benzene rings is 1. The van der Waals surface area contributed by atoms with Gasteiger partial charge in [0.05, 0.1) is 13.2 Å². The van der Waals surface area contributed by atoms with E-state index in [1.165, 1.54) is 11.3 Å². The van der Waals surface area contributed by atoms with E-state index in [9.17, 15) is 8.42 Å². The van der Waals surface area contributed by atoms with Gasteiger partial charge in [-0.3, -0.25) is 0 Å². The van der Waals surface area contributed by atoms with Crippen LogP contribution < -0.4 is 9.46 Å². The summed E-state index contributed by atoms with van der Waals surface area (Å²) in [5, 5.41) is 0. The van der Waals surface area contributed by atoms with Crippen LogP contribution in [0.4, 0.5) is 0 Å². The number of ether oxygens (including phenoxy) is 2. The van der Waals surface area contributed by atoms with Crippen LogP contribution in [-0.2, 0) is 14.8 Å². The van der Waals surface area contributed by atoms with Crippen LogP contribution in [0.25, 0.3) is 0 Å². The Bertz CT molecular complexity index is 725. The van der Waals surface area contributed by atoms with E-state index < -0.39 is 16.1 Å². The highest BCUT2D eigenvalue weighted by molar-refractivity contribution is 7.91. The van der Waals surface area contributed by atoms with E-state index in [4.69, 9.17) is 9.47 Å². The number of aryl methyl sites for hydroxylation is 1. The quantitative estimate of drug-likeness (QED) is 0.841. The molecule has 22 heavy (non-hydrogen) atoms. The molecule has 120 valence electrons. The average molecular weight is 341 g/mol. The van der Waals surface area contributed by atoms with Crippen LogP contribution in [0.15, 0.2) is 40.6 Å². The summed E-state index contributed by atoms with van der Waals surface area (Å²) in [4.78, 5) is 0.952. The highest BCUT2D eigenvalue weighted by Crippen LogP contribution is 2.27. The number of sulfonamides is 1. The van der Waals surface area contributed by atoms with E-state index in [0.717, 1.165) is 10.4 Å². The highest BCUT2D eigenvalue weighted by Gasteiger charge is 2.21. The van der Waals surface area contributed by atoms with Crippen molar-refractivity contribution in [2.45, 2.75) is 17.2 Å². The SMILES string of the molecule is COc1ccccc1C(CNS(=O)(=O)c1ccc(C)s1)OC. The molecule has 0 spiro atoms. The molecule has 2 aromatic rings. The smallest absolute Gasteiger partial charge is 0.250 e. The third-order valence-electron chi connectivity index (χ3n) is 3.21. The first-order chi connectivity index (χ1) is 10.5. The maximum atomic E-state index is 12.3. The van der Waals surface area contributed by atoms with Gasteiger partial charge in [0.1, 0.15) is 9.96 Å². The molecule has 1 atom stereocenters. The maximum absolute atomic E-state index is 12.3. The molecule has 1 aromatic carbocycles. The number of methoxy groups -OCH3 is 2. The summed E-state index contributed by atoms with van der Waals surface area (Å²) < 4.78 is 38.1. The third kappa shape index (κ3) is 3.86. The Labute approximate surface area is 134 Å². The fourth-order valence-electron chi connectivity index (χ4n) is 2.07. The van der Waals surface area contributed by atoms with Gasteiger partial charge in [-0.2, -0.15) is 0 Å². The van der Waals surface area contributed by atoms with Crippen molar-refractivity contribution in [2.75, 3.05) is 20.8 Å². The predicted molar refractivity (Wildman–Crippen MR) is 87.0 cm³/mol. The second-order valence-corrected chi connectivity index (χ2v) is 7.96. The van der Waals surface area contributed by atoms with E-state index in [1.54, 1.807) is 26.4 Å². The molecule has 1 heterocycles. The van der Waals surface area contributed by atoms with Crippen molar-refractivity contribution in [3.8, 4) is 5.75 Å². The molecule has 0 radical (unpaired) electrons. The Balaban J connectivity index is 2.14. The third-order valence-corrected chi connectivity index (χ3v) is 6.13. The minimum atomic E-state index is -3.52. The Morgan fingerprint density at radius 2 is 1.91 bits per heavy atom. The summed E-state index contributed by atoms with van der Waals surface area (Å²) in [5.74, 6) is 0.667. The molecule has 5 nitrogen and oxygen atoms in total. The summed E-state index contributed by atoms with van der Waals surface area (Å²) in [6.45, 7) is 2.01. The van der Waals surface area contributed by atoms with Gasteiger partial charge in [-0.05, 0) is 25.1 Å². The Hall–Kier alpha value is -1.41. The molecule has 0 aliphatic heterocycles. The number of hydrogen-bond donors (Lipinski definition) is 1. The van der Waals surface area contributed by atoms with E-state index in [-0.39, 0.29) is 6.54 Å². The number of nitrogens with one attached hydrogen (secondary N) is 1. The van der Waals surface area contributed by atoms with Crippen molar-refractivity contribution in [1.29, 1.82) is 0 Å². The molecule has 1 unspecified atom stereocenters. The van der Waals surface area contributed by atoms with Gasteiger partial charge in [-0.15, -0.1) is 11.3 Å². The van der Waals surface area contributed by atoms with Gasteiger partial charge >= 0.3 is 0 Å². The molecule has 0 amide bonds. The van der Waals surface area contributed by atoms with Crippen LogP contribution in [0.2, 0.25) is 0 Å². The first-order valence-electron chi connectivity index (χ1n) is 6.69. The van der Waals surface area contributed by atoms with Crippen LogP contribution in [0, 0.1) is 6.92 Å². The first kappa shape index (κ1) is 17.0. The van der Waals surface area contributed by atoms with Crippen molar-refractivity contribution in [3.05, 3.63) is 46.8 Å². The van der Waals surface area contributed by atoms with E-state index in [2.05, 4.69) is 4.72 Å². The fraction of sp³-hybridized carbons (Fsp3) is 0.333.